The molecule has 0 aliphatic heterocycles. The van der Waals surface area contributed by atoms with Crippen molar-refractivity contribution in [1.29, 1.82) is 0 Å². The molecule has 0 saturated carbocycles. The number of carboxylic acids is 1. The minimum Gasteiger partial charge on any atom is -0.478 e. The lowest BCUT2D eigenvalue weighted by molar-refractivity contribution is -0.132. The van der Waals surface area contributed by atoms with Gasteiger partial charge in [-0.3, -0.25) is 0 Å². The van der Waals surface area contributed by atoms with Gasteiger partial charge in [0.1, 0.15) is 0 Å². The van der Waals surface area contributed by atoms with Crippen molar-refractivity contribution in [2.45, 2.75) is 39.7 Å². The molecule has 1 N–H and O–H groups in total. The van der Waals surface area contributed by atoms with Gasteiger partial charge in [-0.1, -0.05) is 6.08 Å². The fourth-order valence-corrected chi connectivity index (χ4v) is 9.32. The Balaban J connectivity index is 4.86. The van der Waals surface area contributed by atoms with Gasteiger partial charge in [0.2, 0.25) is 8.32 Å². The van der Waals surface area contributed by atoms with E-state index < -0.39 is 22.6 Å². The molecular formula is C9H20O3Si2. The number of rotatable bonds is 4. The van der Waals surface area contributed by atoms with Crippen LogP contribution in [0, 0.1) is 0 Å². The van der Waals surface area contributed by atoms with Crippen LogP contribution in [0.5, 0.6) is 0 Å². The molecule has 0 bridgehead atoms. The summed E-state index contributed by atoms with van der Waals surface area (Å²) in [6.45, 7) is 11.9. The third-order valence-electron chi connectivity index (χ3n) is 1.73. The minimum atomic E-state index is -2.21. The predicted molar refractivity (Wildman–Crippen MR) is 63.3 cm³/mol. The Bertz CT molecular complexity index is 251. The normalized spacial score (nSPS) is 14.3. The summed E-state index contributed by atoms with van der Waals surface area (Å²) in [6.07, 6.45) is 1.66. The van der Waals surface area contributed by atoms with Crippen LogP contribution in [0.25, 0.3) is 0 Å². The lowest BCUT2D eigenvalue weighted by Gasteiger charge is -2.31. The monoisotopic (exact) mass is 232 g/mol. The summed E-state index contributed by atoms with van der Waals surface area (Å²) in [4.78, 5) is 11.0. The first kappa shape index (κ1) is 13.6. The second-order valence-corrected chi connectivity index (χ2v) is 13.3. The zero-order valence-corrected chi connectivity index (χ0v) is 11.8. The Labute approximate surface area is 88.0 Å². The van der Waals surface area contributed by atoms with E-state index in [1.54, 1.807) is 13.0 Å². The maximum atomic E-state index is 11.0. The van der Waals surface area contributed by atoms with Crippen molar-refractivity contribution in [1.82, 2.24) is 0 Å². The lowest BCUT2D eigenvalue weighted by atomic mass is 10.5. The predicted octanol–water partition coefficient (Wildman–Crippen LogP) is 2.61. The van der Waals surface area contributed by atoms with E-state index in [9.17, 15) is 4.79 Å². The summed E-state index contributed by atoms with van der Waals surface area (Å²) in [5.41, 5.74) is 0. The number of carboxylic acid groups (broad SMARTS) is 1. The molecule has 0 heterocycles. The molecule has 0 radical (unpaired) electrons. The number of allylic oxidation sites excluding steroid dienone is 1. The Morgan fingerprint density at radius 1 is 1.21 bits per heavy atom. The first-order valence-corrected chi connectivity index (χ1v) is 11.0. The molecule has 0 saturated heterocycles. The quantitative estimate of drug-likeness (QED) is 0.599. The fraction of sp³-hybridized carbons (Fsp3) is 0.667. The average molecular weight is 232 g/mol. The maximum absolute atomic E-state index is 11.0. The Hall–Kier alpha value is -0.396. The van der Waals surface area contributed by atoms with Crippen molar-refractivity contribution in [2.75, 3.05) is 0 Å². The molecule has 0 aromatic carbocycles. The van der Waals surface area contributed by atoms with Crippen LogP contribution in [0.1, 0.15) is 6.92 Å². The summed E-state index contributed by atoms with van der Waals surface area (Å²) >= 11 is 0. The molecule has 0 atom stereocenters. The Morgan fingerprint density at radius 2 is 1.64 bits per heavy atom. The first-order chi connectivity index (χ1) is 6.10. The van der Waals surface area contributed by atoms with E-state index in [1.807, 2.05) is 13.1 Å². The van der Waals surface area contributed by atoms with Gasteiger partial charge in [0.15, 0.2) is 8.32 Å². The maximum Gasteiger partial charge on any atom is 0.329 e. The molecule has 0 aromatic rings. The standard InChI is InChI=1S/C9H20O3Si2/c1-7-8(9(10)11)14(5,6)12-13(2,3)4/h7H,1-6H3,(H,10,11). The highest BCUT2D eigenvalue weighted by atomic mass is 28.4. The second kappa shape index (κ2) is 4.42. The van der Waals surface area contributed by atoms with Crippen molar-refractivity contribution in [2.24, 2.45) is 0 Å². The van der Waals surface area contributed by atoms with Crippen molar-refractivity contribution >= 4 is 22.6 Å². The molecule has 14 heavy (non-hydrogen) atoms. The minimum absolute atomic E-state index is 0.458. The lowest BCUT2D eigenvalue weighted by Crippen LogP contribution is -2.46. The highest BCUT2D eigenvalue weighted by molar-refractivity contribution is 6.90. The van der Waals surface area contributed by atoms with E-state index in [0.717, 1.165) is 0 Å². The third kappa shape index (κ3) is 4.21. The van der Waals surface area contributed by atoms with Gasteiger partial charge in [0.25, 0.3) is 0 Å². The molecule has 3 nitrogen and oxygen atoms in total. The second-order valence-electron chi connectivity index (χ2n) is 4.73. The van der Waals surface area contributed by atoms with Crippen LogP contribution in [-0.2, 0) is 8.91 Å². The van der Waals surface area contributed by atoms with Crippen LogP contribution >= 0.6 is 0 Å². The van der Waals surface area contributed by atoms with Gasteiger partial charge in [-0.2, -0.15) is 0 Å². The number of hydrogen-bond acceptors (Lipinski definition) is 2. The third-order valence-corrected chi connectivity index (χ3v) is 8.02. The van der Waals surface area contributed by atoms with Crippen molar-refractivity contribution in [3.63, 3.8) is 0 Å². The summed E-state index contributed by atoms with van der Waals surface area (Å²) in [6, 6.07) is 0. The van der Waals surface area contributed by atoms with E-state index in [2.05, 4.69) is 19.6 Å². The molecule has 0 unspecified atom stereocenters. The van der Waals surface area contributed by atoms with Crippen molar-refractivity contribution in [3.05, 3.63) is 11.3 Å². The summed E-state index contributed by atoms with van der Waals surface area (Å²) in [7, 11) is -3.87. The molecule has 0 aromatic heterocycles. The number of hydrogen-bond donors (Lipinski definition) is 1. The highest BCUT2D eigenvalue weighted by Crippen LogP contribution is 2.21. The SMILES string of the molecule is CC=C(C(=O)O)[Si](C)(C)O[Si](C)(C)C. The summed E-state index contributed by atoms with van der Waals surface area (Å²) in [5, 5.41) is 9.47. The molecule has 5 heteroatoms. The van der Waals surface area contributed by atoms with Crippen LogP contribution in [0.3, 0.4) is 0 Å². The molecule has 0 rings (SSSR count). The molecule has 82 valence electrons. The van der Waals surface area contributed by atoms with Crippen molar-refractivity contribution < 1.29 is 14.0 Å². The van der Waals surface area contributed by atoms with E-state index in [1.165, 1.54) is 0 Å². The Morgan fingerprint density at radius 3 is 1.86 bits per heavy atom. The van der Waals surface area contributed by atoms with Gasteiger partial charge in [-0.25, -0.2) is 4.79 Å². The first-order valence-electron chi connectivity index (χ1n) is 4.70. The van der Waals surface area contributed by atoms with E-state index in [-0.39, 0.29) is 0 Å². The van der Waals surface area contributed by atoms with Crippen LogP contribution < -0.4 is 0 Å². The largest absolute Gasteiger partial charge is 0.478 e. The Kier molecular flexibility index (Phi) is 4.29. The highest BCUT2D eigenvalue weighted by Gasteiger charge is 2.36. The molecule has 0 aliphatic carbocycles. The smallest absolute Gasteiger partial charge is 0.329 e. The molecule has 0 aliphatic rings. The topological polar surface area (TPSA) is 46.5 Å². The van der Waals surface area contributed by atoms with Gasteiger partial charge in [0, 0.05) is 5.20 Å². The summed E-state index contributed by atoms with van der Waals surface area (Å²) < 4.78 is 5.97. The zero-order valence-electron chi connectivity index (χ0n) is 9.84. The van der Waals surface area contributed by atoms with Gasteiger partial charge in [-0.15, -0.1) is 0 Å². The fourth-order valence-electron chi connectivity index (χ4n) is 1.55. The van der Waals surface area contributed by atoms with E-state index in [0.29, 0.717) is 5.20 Å². The average Bonchev–Trinajstić information content (AvgIpc) is 1.79. The zero-order chi connectivity index (χ0) is 11.6. The summed E-state index contributed by atoms with van der Waals surface area (Å²) in [5.74, 6) is -0.845. The molecule has 0 amide bonds. The molecular weight excluding hydrogens is 212 g/mol. The van der Waals surface area contributed by atoms with E-state index >= 15 is 0 Å². The van der Waals surface area contributed by atoms with Crippen molar-refractivity contribution in [3.8, 4) is 0 Å². The van der Waals surface area contributed by atoms with Gasteiger partial charge in [-0.05, 0) is 39.7 Å². The van der Waals surface area contributed by atoms with Crippen LogP contribution in [0.2, 0.25) is 32.7 Å². The van der Waals surface area contributed by atoms with E-state index in [4.69, 9.17) is 9.22 Å². The van der Waals surface area contributed by atoms with Crippen LogP contribution in [0.15, 0.2) is 11.3 Å². The van der Waals surface area contributed by atoms with Gasteiger partial charge < -0.3 is 9.22 Å². The van der Waals surface area contributed by atoms with Gasteiger partial charge >= 0.3 is 5.97 Å². The number of carbonyl (C=O) groups is 1. The number of aliphatic carboxylic acids is 1. The molecule has 0 fully saturated rings. The van der Waals surface area contributed by atoms with Gasteiger partial charge in [0.05, 0.1) is 0 Å². The van der Waals surface area contributed by atoms with Crippen LogP contribution in [0.4, 0.5) is 0 Å². The van der Waals surface area contributed by atoms with Crippen LogP contribution in [-0.4, -0.2) is 27.7 Å². The molecule has 0 spiro atoms.